The summed E-state index contributed by atoms with van der Waals surface area (Å²) in [6.07, 6.45) is 3.39. The standard InChI is InChI=1S/C12H21N3O2/c1-3-12(6-4-7-13-12)11(17)14-9-5-8-15(2)10(9)16/h9,13H,3-8H2,1-2H3,(H,14,17). The molecular formula is C12H21N3O2. The summed E-state index contributed by atoms with van der Waals surface area (Å²) in [5.41, 5.74) is -0.443. The Labute approximate surface area is 102 Å². The second-order valence-electron chi connectivity index (χ2n) is 5.04. The Bertz CT molecular complexity index is 324. The van der Waals surface area contributed by atoms with Crippen LogP contribution in [0.2, 0.25) is 0 Å². The SMILES string of the molecule is CCC1(C(=O)NC2CCN(C)C2=O)CCCN1. The number of rotatable bonds is 3. The van der Waals surface area contributed by atoms with Crippen LogP contribution < -0.4 is 10.6 Å². The highest BCUT2D eigenvalue weighted by atomic mass is 16.2. The molecule has 5 heteroatoms. The van der Waals surface area contributed by atoms with Gasteiger partial charge < -0.3 is 15.5 Å². The van der Waals surface area contributed by atoms with Crippen molar-refractivity contribution < 1.29 is 9.59 Å². The van der Waals surface area contributed by atoms with E-state index >= 15 is 0 Å². The number of hydrogen-bond donors (Lipinski definition) is 2. The van der Waals surface area contributed by atoms with Gasteiger partial charge in [-0.15, -0.1) is 0 Å². The van der Waals surface area contributed by atoms with Crippen molar-refractivity contribution in [1.82, 2.24) is 15.5 Å². The summed E-state index contributed by atoms with van der Waals surface area (Å²) < 4.78 is 0. The van der Waals surface area contributed by atoms with Crippen molar-refractivity contribution in [2.45, 2.75) is 44.2 Å². The fourth-order valence-electron chi connectivity index (χ4n) is 2.72. The van der Waals surface area contributed by atoms with E-state index < -0.39 is 5.54 Å². The summed E-state index contributed by atoms with van der Waals surface area (Å²) in [6, 6.07) is -0.321. The Morgan fingerprint density at radius 2 is 2.41 bits per heavy atom. The lowest BCUT2D eigenvalue weighted by Crippen LogP contribution is -2.56. The molecule has 96 valence electrons. The van der Waals surface area contributed by atoms with Gasteiger partial charge in [-0.3, -0.25) is 9.59 Å². The number of nitrogens with one attached hydrogen (secondary N) is 2. The molecule has 0 bridgehead atoms. The van der Waals surface area contributed by atoms with Crippen molar-refractivity contribution in [2.75, 3.05) is 20.1 Å². The van der Waals surface area contributed by atoms with E-state index in [9.17, 15) is 9.59 Å². The van der Waals surface area contributed by atoms with E-state index in [2.05, 4.69) is 10.6 Å². The van der Waals surface area contributed by atoms with Gasteiger partial charge in [0.25, 0.3) is 0 Å². The molecule has 2 amide bonds. The van der Waals surface area contributed by atoms with Crippen LogP contribution >= 0.6 is 0 Å². The van der Waals surface area contributed by atoms with Gasteiger partial charge in [-0.2, -0.15) is 0 Å². The molecule has 0 saturated carbocycles. The lowest BCUT2D eigenvalue weighted by molar-refractivity contribution is -0.134. The van der Waals surface area contributed by atoms with Crippen LogP contribution in [-0.2, 0) is 9.59 Å². The first kappa shape index (κ1) is 12.4. The molecule has 0 radical (unpaired) electrons. The van der Waals surface area contributed by atoms with Crippen molar-refractivity contribution in [3.8, 4) is 0 Å². The van der Waals surface area contributed by atoms with Crippen LogP contribution in [-0.4, -0.2) is 48.4 Å². The van der Waals surface area contributed by atoms with Crippen LogP contribution in [0.5, 0.6) is 0 Å². The first-order valence-corrected chi connectivity index (χ1v) is 6.40. The minimum absolute atomic E-state index is 0.00819. The number of amides is 2. The van der Waals surface area contributed by atoms with E-state index in [4.69, 9.17) is 0 Å². The molecule has 2 atom stereocenters. The monoisotopic (exact) mass is 239 g/mol. The quantitative estimate of drug-likeness (QED) is 0.721. The topological polar surface area (TPSA) is 61.4 Å². The molecule has 0 aliphatic carbocycles. The van der Waals surface area contributed by atoms with Crippen LogP contribution in [0.15, 0.2) is 0 Å². The highest BCUT2D eigenvalue weighted by Crippen LogP contribution is 2.23. The lowest BCUT2D eigenvalue weighted by Gasteiger charge is -2.28. The predicted molar refractivity (Wildman–Crippen MR) is 64.4 cm³/mol. The minimum atomic E-state index is -0.443. The van der Waals surface area contributed by atoms with Crippen molar-refractivity contribution in [3.05, 3.63) is 0 Å². The van der Waals surface area contributed by atoms with Crippen molar-refractivity contribution >= 4 is 11.8 Å². The van der Waals surface area contributed by atoms with Gasteiger partial charge in [0.2, 0.25) is 11.8 Å². The van der Waals surface area contributed by atoms with Crippen molar-refractivity contribution in [3.63, 3.8) is 0 Å². The number of carbonyl (C=O) groups is 2. The molecule has 2 aliphatic heterocycles. The average Bonchev–Trinajstić information content (AvgIpc) is 2.92. The number of hydrogen-bond acceptors (Lipinski definition) is 3. The van der Waals surface area contributed by atoms with Gasteiger partial charge in [0.15, 0.2) is 0 Å². The largest absolute Gasteiger partial charge is 0.344 e. The third kappa shape index (κ3) is 2.16. The molecule has 2 aliphatic rings. The van der Waals surface area contributed by atoms with E-state index in [0.717, 1.165) is 38.8 Å². The summed E-state index contributed by atoms with van der Waals surface area (Å²) in [5, 5.41) is 6.18. The van der Waals surface area contributed by atoms with Crippen molar-refractivity contribution in [2.24, 2.45) is 0 Å². The van der Waals surface area contributed by atoms with Gasteiger partial charge in [-0.1, -0.05) is 6.92 Å². The summed E-state index contributed by atoms with van der Waals surface area (Å²) in [6.45, 7) is 3.64. The maximum Gasteiger partial charge on any atom is 0.244 e. The molecule has 0 aromatic carbocycles. The molecule has 2 unspecified atom stereocenters. The second kappa shape index (κ2) is 4.64. The normalized spacial score (nSPS) is 33.2. The van der Waals surface area contributed by atoms with Crippen LogP contribution in [0.4, 0.5) is 0 Å². The van der Waals surface area contributed by atoms with Crippen LogP contribution in [0, 0.1) is 0 Å². The van der Waals surface area contributed by atoms with E-state index in [1.807, 2.05) is 6.92 Å². The predicted octanol–water partition coefficient (Wildman–Crippen LogP) is -0.134. The number of nitrogens with zero attached hydrogens (tertiary/aromatic N) is 1. The highest BCUT2D eigenvalue weighted by Gasteiger charge is 2.41. The molecule has 0 aromatic heterocycles. The van der Waals surface area contributed by atoms with E-state index in [0.29, 0.717) is 0 Å². The lowest BCUT2D eigenvalue weighted by atomic mass is 9.92. The van der Waals surface area contributed by atoms with Crippen LogP contribution in [0.3, 0.4) is 0 Å². The Hall–Kier alpha value is -1.10. The number of likely N-dealkylation sites (N-methyl/N-ethyl adjacent to an activating group) is 1. The Kier molecular flexibility index (Phi) is 3.38. The van der Waals surface area contributed by atoms with Gasteiger partial charge in [0.05, 0.1) is 5.54 Å². The third-order valence-corrected chi connectivity index (χ3v) is 4.01. The fourth-order valence-corrected chi connectivity index (χ4v) is 2.72. The Morgan fingerprint density at radius 3 is 2.88 bits per heavy atom. The third-order valence-electron chi connectivity index (χ3n) is 4.01. The Balaban J connectivity index is 1.99. The van der Waals surface area contributed by atoms with Gasteiger partial charge in [0, 0.05) is 13.6 Å². The summed E-state index contributed by atoms with van der Waals surface area (Å²) in [5.74, 6) is 0.0220. The molecule has 0 spiro atoms. The zero-order valence-electron chi connectivity index (χ0n) is 10.6. The molecule has 2 saturated heterocycles. The zero-order chi connectivity index (χ0) is 12.5. The van der Waals surface area contributed by atoms with Gasteiger partial charge in [-0.25, -0.2) is 0 Å². The number of likely N-dealkylation sites (tertiary alicyclic amines) is 1. The van der Waals surface area contributed by atoms with Gasteiger partial charge >= 0.3 is 0 Å². The molecule has 2 fully saturated rings. The fraction of sp³-hybridized carbons (Fsp3) is 0.833. The first-order valence-electron chi connectivity index (χ1n) is 6.40. The van der Waals surface area contributed by atoms with Crippen LogP contribution in [0.25, 0.3) is 0 Å². The Morgan fingerprint density at radius 1 is 1.65 bits per heavy atom. The van der Waals surface area contributed by atoms with E-state index in [1.165, 1.54) is 0 Å². The minimum Gasteiger partial charge on any atom is -0.344 e. The summed E-state index contributed by atoms with van der Waals surface area (Å²) in [4.78, 5) is 25.7. The zero-order valence-corrected chi connectivity index (χ0v) is 10.6. The first-order chi connectivity index (χ1) is 8.09. The maximum atomic E-state index is 12.3. The molecule has 2 N–H and O–H groups in total. The molecule has 2 rings (SSSR count). The molecule has 5 nitrogen and oxygen atoms in total. The molecule has 2 heterocycles. The molecule has 17 heavy (non-hydrogen) atoms. The van der Waals surface area contributed by atoms with Crippen molar-refractivity contribution in [1.29, 1.82) is 0 Å². The summed E-state index contributed by atoms with van der Waals surface area (Å²) >= 11 is 0. The number of carbonyl (C=O) groups excluding carboxylic acids is 2. The highest BCUT2D eigenvalue weighted by molar-refractivity contribution is 5.93. The van der Waals surface area contributed by atoms with E-state index in [1.54, 1.807) is 11.9 Å². The summed E-state index contributed by atoms with van der Waals surface area (Å²) in [7, 11) is 1.78. The van der Waals surface area contributed by atoms with E-state index in [-0.39, 0.29) is 17.9 Å². The molecule has 0 aromatic rings. The second-order valence-corrected chi connectivity index (χ2v) is 5.04. The average molecular weight is 239 g/mol. The smallest absolute Gasteiger partial charge is 0.244 e. The van der Waals surface area contributed by atoms with Gasteiger partial charge in [-0.05, 0) is 32.2 Å². The molecular weight excluding hydrogens is 218 g/mol. The maximum absolute atomic E-state index is 12.3. The van der Waals surface area contributed by atoms with Gasteiger partial charge in [0.1, 0.15) is 6.04 Å². The van der Waals surface area contributed by atoms with Crippen LogP contribution in [0.1, 0.15) is 32.6 Å².